The SMILES string of the molecule is CC(C)c1ccc2c(c1)oc1c(-c3ccccn3)[c-]ccc12.[2H]C(C)(C)c1ccnc(-c2[c-]cc3c(c2)c(-c2ccccc2)c(-c2ccccc2)c2ccccc23)c1.[Ir]. The average molecular weight is 928 g/mol. The van der Waals surface area contributed by atoms with E-state index < -0.39 is 5.89 Å². The summed E-state index contributed by atoms with van der Waals surface area (Å²) in [7, 11) is 0. The molecule has 58 heavy (non-hydrogen) atoms. The van der Waals surface area contributed by atoms with Gasteiger partial charge in [-0.15, -0.1) is 42.0 Å². The zero-order valence-corrected chi connectivity index (χ0v) is 35.3. The maximum atomic E-state index is 8.49. The molecule has 0 fully saturated rings. The van der Waals surface area contributed by atoms with Gasteiger partial charge < -0.3 is 14.4 Å². The van der Waals surface area contributed by atoms with Crippen LogP contribution < -0.4 is 0 Å². The van der Waals surface area contributed by atoms with Crippen LogP contribution in [-0.4, -0.2) is 9.97 Å². The summed E-state index contributed by atoms with van der Waals surface area (Å²) in [5, 5.41) is 7.04. The topological polar surface area (TPSA) is 38.9 Å². The minimum atomic E-state index is -0.694. The van der Waals surface area contributed by atoms with Gasteiger partial charge in [-0.1, -0.05) is 176 Å². The maximum Gasteiger partial charge on any atom is 0.121 e. The van der Waals surface area contributed by atoms with Crippen molar-refractivity contribution in [2.75, 3.05) is 0 Å². The number of furan rings is 1. The first-order valence-electron chi connectivity index (χ1n) is 20.0. The molecular weight excluding hydrogens is 885 g/mol. The maximum absolute atomic E-state index is 8.49. The van der Waals surface area contributed by atoms with Crippen molar-refractivity contribution in [1.29, 1.82) is 0 Å². The molecule has 0 aliphatic rings. The second-order valence-corrected chi connectivity index (χ2v) is 15.0. The Morgan fingerprint density at radius 1 is 0.534 bits per heavy atom. The van der Waals surface area contributed by atoms with Crippen LogP contribution >= 0.6 is 0 Å². The van der Waals surface area contributed by atoms with Gasteiger partial charge in [-0.2, -0.15) is 0 Å². The Bertz CT molecular complexity index is 3060. The monoisotopic (exact) mass is 928 g/mol. The molecule has 0 spiro atoms. The third-order valence-electron chi connectivity index (χ3n) is 10.7. The van der Waals surface area contributed by atoms with Gasteiger partial charge in [0.2, 0.25) is 0 Å². The molecule has 0 amide bonds. The standard InChI is InChI=1S/C34H26N.C20H16NO.Ir/c1-23(2)26-19-20-35-32(22-26)27-17-18-29-28-15-9-10-16-30(28)33(24-11-5-3-6-12-24)34(31(29)21-27)25-13-7-4-8-14-25;1-13(2)14-9-10-15-16-6-5-7-17(18-8-3-4-11-21-18)20(16)22-19(15)12-14;/h3-16,18-23H,1-2H3;3-6,8-13H,1-2H3;/q2*-1;/i23D;;. The van der Waals surface area contributed by atoms with Crippen molar-refractivity contribution < 1.29 is 25.9 Å². The van der Waals surface area contributed by atoms with Crippen molar-refractivity contribution in [3.63, 3.8) is 0 Å². The molecule has 0 N–H and O–H groups in total. The molecule has 3 heterocycles. The number of rotatable bonds is 6. The molecule has 3 nitrogen and oxygen atoms in total. The molecule has 0 bridgehead atoms. The van der Waals surface area contributed by atoms with Crippen molar-refractivity contribution in [2.45, 2.75) is 39.5 Å². The fraction of sp³-hybridized carbons (Fsp3) is 0.111. The fourth-order valence-corrected chi connectivity index (χ4v) is 7.79. The summed E-state index contributed by atoms with van der Waals surface area (Å²) in [5.74, 6) is -0.208. The summed E-state index contributed by atoms with van der Waals surface area (Å²) in [4.78, 5) is 9.08. The Morgan fingerprint density at radius 2 is 1.21 bits per heavy atom. The average Bonchev–Trinajstić information content (AvgIpc) is 3.65. The van der Waals surface area contributed by atoms with Crippen LogP contribution in [0.25, 0.3) is 88.3 Å². The third kappa shape index (κ3) is 7.38. The van der Waals surface area contributed by atoms with Crippen LogP contribution in [0.1, 0.15) is 52.0 Å². The van der Waals surface area contributed by atoms with Crippen molar-refractivity contribution in [2.24, 2.45) is 0 Å². The molecule has 0 saturated carbocycles. The van der Waals surface area contributed by atoms with Crippen molar-refractivity contribution in [1.82, 2.24) is 9.97 Å². The molecule has 10 aromatic rings. The van der Waals surface area contributed by atoms with Crippen molar-refractivity contribution in [3.05, 3.63) is 193 Å². The zero-order chi connectivity index (χ0) is 39.8. The summed E-state index contributed by atoms with van der Waals surface area (Å²) >= 11 is 0. The Labute approximate surface area is 355 Å². The molecule has 0 saturated heterocycles. The van der Waals surface area contributed by atoms with E-state index in [1.165, 1.54) is 49.4 Å². The van der Waals surface area contributed by atoms with Gasteiger partial charge in [0.05, 0.1) is 5.58 Å². The van der Waals surface area contributed by atoms with E-state index in [0.717, 1.165) is 50.0 Å². The zero-order valence-electron chi connectivity index (χ0n) is 33.9. The van der Waals surface area contributed by atoms with Crippen LogP contribution in [0.5, 0.6) is 0 Å². The molecule has 4 heteroatoms. The predicted molar refractivity (Wildman–Crippen MR) is 238 cm³/mol. The minimum Gasteiger partial charge on any atom is -0.501 e. The summed E-state index contributed by atoms with van der Waals surface area (Å²) < 4.78 is 14.6. The molecule has 0 atom stereocenters. The summed E-state index contributed by atoms with van der Waals surface area (Å²) in [5.41, 5.74) is 12.4. The largest absolute Gasteiger partial charge is 0.501 e. The molecule has 7 aromatic carbocycles. The number of fused-ring (bicyclic) bond motifs is 6. The first kappa shape index (κ1) is 37.4. The predicted octanol–water partition coefficient (Wildman–Crippen LogP) is 14.9. The molecule has 10 rings (SSSR count). The molecule has 3 aromatic heterocycles. The Balaban J connectivity index is 0.000000180. The number of nitrogens with zero attached hydrogens (tertiary/aromatic N) is 2. The van der Waals surface area contributed by atoms with E-state index >= 15 is 0 Å². The van der Waals surface area contributed by atoms with Crippen LogP contribution in [0.4, 0.5) is 0 Å². The van der Waals surface area contributed by atoms with Gasteiger partial charge in [0.1, 0.15) is 5.58 Å². The number of pyridine rings is 2. The second-order valence-electron chi connectivity index (χ2n) is 15.0. The van der Waals surface area contributed by atoms with E-state index in [1.54, 1.807) is 12.4 Å². The van der Waals surface area contributed by atoms with Gasteiger partial charge >= 0.3 is 0 Å². The van der Waals surface area contributed by atoms with Gasteiger partial charge in [-0.25, -0.2) is 0 Å². The Morgan fingerprint density at radius 3 is 1.90 bits per heavy atom. The van der Waals surface area contributed by atoms with Gasteiger partial charge in [0.15, 0.2) is 0 Å². The van der Waals surface area contributed by atoms with Gasteiger partial charge in [0, 0.05) is 39.3 Å². The first-order chi connectivity index (χ1) is 28.2. The van der Waals surface area contributed by atoms with Crippen LogP contribution in [0.15, 0.2) is 175 Å². The molecule has 1 radical (unpaired) electrons. The van der Waals surface area contributed by atoms with Crippen molar-refractivity contribution in [3.8, 4) is 44.8 Å². The summed E-state index contributed by atoms with van der Waals surface area (Å²) in [6, 6.07) is 61.3. The van der Waals surface area contributed by atoms with Gasteiger partial charge in [-0.3, -0.25) is 0 Å². The number of benzene rings is 7. The quantitative estimate of drug-likeness (QED) is 0.123. The second kappa shape index (κ2) is 16.7. The normalized spacial score (nSPS) is 11.7. The Hall–Kier alpha value is -6.19. The van der Waals surface area contributed by atoms with Crippen LogP contribution in [0, 0.1) is 12.1 Å². The van der Waals surface area contributed by atoms with Gasteiger partial charge in [-0.05, 0) is 74.6 Å². The number of hydrogen-bond donors (Lipinski definition) is 0. The first-order valence-corrected chi connectivity index (χ1v) is 19.5. The minimum absolute atomic E-state index is 0. The molecule has 0 unspecified atom stereocenters. The van der Waals surface area contributed by atoms with Crippen LogP contribution in [0.3, 0.4) is 0 Å². The smallest absolute Gasteiger partial charge is 0.121 e. The van der Waals surface area contributed by atoms with Crippen LogP contribution in [0.2, 0.25) is 0 Å². The molecule has 0 aliphatic carbocycles. The van der Waals surface area contributed by atoms with E-state index in [0.29, 0.717) is 5.92 Å². The Kier molecular flexibility index (Phi) is 10.8. The van der Waals surface area contributed by atoms with Crippen LogP contribution in [-0.2, 0) is 20.1 Å². The summed E-state index contributed by atoms with van der Waals surface area (Å²) in [6.45, 7) is 8.19. The third-order valence-corrected chi connectivity index (χ3v) is 10.7. The van der Waals surface area contributed by atoms with E-state index in [4.69, 9.17) is 5.79 Å². The van der Waals surface area contributed by atoms with E-state index in [1.807, 2.05) is 50.2 Å². The van der Waals surface area contributed by atoms with E-state index in [-0.39, 0.29) is 20.1 Å². The van der Waals surface area contributed by atoms with E-state index in [9.17, 15) is 0 Å². The summed E-state index contributed by atoms with van der Waals surface area (Å²) in [6.07, 6.45) is 3.59. The molecule has 285 valence electrons. The van der Waals surface area contributed by atoms with Gasteiger partial charge in [0.25, 0.3) is 0 Å². The van der Waals surface area contributed by atoms with Crippen molar-refractivity contribution >= 4 is 43.5 Å². The van der Waals surface area contributed by atoms with E-state index in [2.05, 4.69) is 157 Å². The number of aromatic nitrogens is 2. The molecule has 0 aliphatic heterocycles. The fourth-order valence-electron chi connectivity index (χ4n) is 7.79. The molecular formula is C54H42IrN2O-2. The number of hydrogen-bond acceptors (Lipinski definition) is 3.